The Balaban J connectivity index is 1.44. The van der Waals surface area contributed by atoms with Crippen LogP contribution in [0.1, 0.15) is 19.3 Å². The molecule has 0 saturated carbocycles. The number of carbonyl (C=O) groups is 1. The van der Waals surface area contributed by atoms with Gasteiger partial charge < -0.3 is 15.0 Å². The Bertz CT molecular complexity index is 506. The van der Waals surface area contributed by atoms with Crippen LogP contribution >= 0.6 is 11.6 Å². The van der Waals surface area contributed by atoms with E-state index in [4.69, 9.17) is 16.3 Å². The summed E-state index contributed by atoms with van der Waals surface area (Å²) >= 11 is 5.83. The average molecular weight is 309 g/mol. The normalized spacial score (nSPS) is 26.9. The summed E-state index contributed by atoms with van der Waals surface area (Å²) in [6.45, 7) is 1.10. The van der Waals surface area contributed by atoms with Crippen LogP contribution in [-0.4, -0.2) is 43.1 Å². The third kappa shape index (κ3) is 3.33. The average Bonchev–Trinajstić information content (AvgIpc) is 3.11. The minimum absolute atomic E-state index is 0.157. The molecule has 0 radical (unpaired) electrons. The molecule has 1 N–H and O–H groups in total. The quantitative estimate of drug-likeness (QED) is 0.907. The van der Waals surface area contributed by atoms with Crippen LogP contribution in [0.5, 0.6) is 5.75 Å². The van der Waals surface area contributed by atoms with Gasteiger partial charge in [-0.3, -0.25) is 4.79 Å². The molecule has 114 valence electrons. The summed E-state index contributed by atoms with van der Waals surface area (Å²) in [5.41, 5.74) is 0. The van der Waals surface area contributed by atoms with Crippen LogP contribution in [0.15, 0.2) is 24.3 Å². The summed E-state index contributed by atoms with van der Waals surface area (Å²) in [6.07, 6.45) is 3.35. The highest BCUT2D eigenvalue weighted by atomic mass is 35.5. The number of hydrogen-bond donors (Lipinski definition) is 1. The van der Waals surface area contributed by atoms with E-state index < -0.39 is 0 Å². The molecule has 0 aromatic heterocycles. The molecular weight excluding hydrogens is 288 g/mol. The molecule has 2 heterocycles. The van der Waals surface area contributed by atoms with Crippen molar-refractivity contribution in [3.63, 3.8) is 0 Å². The molecule has 3 rings (SSSR count). The predicted molar refractivity (Wildman–Crippen MR) is 82.6 cm³/mol. The van der Waals surface area contributed by atoms with Crippen molar-refractivity contribution in [1.29, 1.82) is 0 Å². The molecule has 2 fully saturated rings. The molecule has 1 amide bonds. The van der Waals surface area contributed by atoms with Crippen molar-refractivity contribution in [2.24, 2.45) is 5.92 Å². The molecule has 21 heavy (non-hydrogen) atoms. The number of carbonyl (C=O) groups excluding carboxylic acids is 1. The van der Waals surface area contributed by atoms with Crippen molar-refractivity contribution < 1.29 is 9.53 Å². The van der Waals surface area contributed by atoms with E-state index in [1.54, 1.807) is 17.0 Å². The molecular formula is C16H21ClN2O2. The molecule has 1 aromatic rings. The van der Waals surface area contributed by atoms with Gasteiger partial charge in [0.1, 0.15) is 12.4 Å². The zero-order valence-corrected chi connectivity index (χ0v) is 13.0. The van der Waals surface area contributed by atoms with Crippen molar-refractivity contribution in [1.82, 2.24) is 10.2 Å². The second-order valence-corrected chi connectivity index (χ2v) is 6.39. The Labute approximate surface area is 130 Å². The van der Waals surface area contributed by atoms with Gasteiger partial charge in [-0.1, -0.05) is 11.6 Å². The maximum Gasteiger partial charge on any atom is 0.227 e. The second kappa shape index (κ2) is 6.24. The molecule has 4 nitrogen and oxygen atoms in total. The van der Waals surface area contributed by atoms with Gasteiger partial charge in [0.05, 0.1) is 12.5 Å². The Morgan fingerprint density at radius 3 is 2.76 bits per heavy atom. The number of rotatable bonds is 5. The highest BCUT2D eigenvalue weighted by Crippen LogP contribution is 2.34. The van der Waals surface area contributed by atoms with Gasteiger partial charge >= 0.3 is 0 Å². The number of amides is 1. The van der Waals surface area contributed by atoms with E-state index in [9.17, 15) is 4.79 Å². The molecule has 3 unspecified atom stereocenters. The molecule has 0 spiro atoms. The Kier molecular flexibility index (Phi) is 4.36. The number of hydrogen-bond acceptors (Lipinski definition) is 3. The lowest BCUT2D eigenvalue weighted by Crippen LogP contribution is -2.40. The summed E-state index contributed by atoms with van der Waals surface area (Å²) in [5, 5.41) is 4.20. The van der Waals surface area contributed by atoms with Crippen molar-refractivity contribution in [2.75, 3.05) is 20.2 Å². The lowest BCUT2D eigenvalue weighted by Gasteiger charge is -2.25. The van der Waals surface area contributed by atoms with Crippen molar-refractivity contribution in [3.05, 3.63) is 29.3 Å². The Morgan fingerprint density at radius 2 is 2.14 bits per heavy atom. The number of fused-ring (bicyclic) bond motifs is 2. The monoisotopic (exact) mass is 308 g/mol. The summed E-state index contributed by atoms with van der Waals surface area (Å²) in [5.74, 6) is 1.18. The first kappa shape index (κ1) is 14.7. The lowest BCUT2D eigenvalue weighted by molar-refractivity contribution is -0.135. The standard InChI is InChI=1S/C16H21ClN2O2/c1-19(8-9-21-13-5-2-11(17)3-6-13)16(20)14-10-12-4-7-15(14)18-12/h2-3,5-6,12,14-15,18H,4,7-10H2,1H3. The maximum atomic E-state index is 12.4. The Hall–Kier alpha value is -1.26. The first-order valence-corrected chi connectivity index (χ1v) is 7.90. The van der Waals surface area contributed by atoms with Gasteiger partial charge in [0.15, 0.2) is 0 Å². The van der Waals surface area contributed by atoms with Crippen molar-refractivity contribution in [3.8, 4) is 5.75 Å². The number of nitrogens with zero attached hydrogens (tertiary/aromatic N) is 1. The van der Waals surface area contributed by atoms with Crippen molar-refractivity contribution in [2.45, 2.75) is 31.3 Å². The third-order valence-corrected chi connectivity index (χ3v) is 4.75. The summed E-state index contributed by atoms with van der Waals surface area (Å²) in [6, 6.07) is 8.22. The summed E-state index contributed by atoms with van der Waals surface area (Å²) in [7, 11) is 1.86. The largest absolute Gasteiger partial charge is 0.492 e. The van der Waals surface area contributed by atoms with E-state index in [2.05, 4.69) is 5.32 Å². The molecule has 2 aliphatic rings. The zero-order valence-electron chi connectivity index (χ0n) is 12.2. The van der Waals surface area contributed by atoms with E-state index in [-0.39, 0.29) is 11.8 Å². The molecule has 2 saturated heterocycles. The minimum Gasteiger partial charge on any atom is -0.492 e. The first-order valence-electron chi connectivity index (χ1n) is 7.53. The van der Waals surface area contributed by atoms with Gasteiger partial charge in [-0.15, -0.1) is 0 Å². The molecule has 0 aliphatic carbocycles. The molecule has 1 aromatic carbocycles. The SMILES string of the molecule is CN(CCOc1ccc(Cl)cc1)C(=O)C1CC2CCC1N2. The van der Waals surface area contributed by atoms with Crippen LogP contribution in [0.25, 0.3) is 0 Å². The Morgan fingerprint density at radius 1 is 1.38 bits per heavy atom. The number of nitrogens with one attached hydrogen (secondary N) is 1. The zero-order chi connectivity index (χ0) is 14.8. The molecule has 5 heteroatoms. The van der Waals surface area contributed by atoms with E-state index in [0.717, 1.165) is 18.6 Å². The molecule has 2 bridgehead atoms. The molecule has 3 atom stereocenters. The van der Waals surface area contributed by atoms with Crippen LogP contribution < -0.4 is 10.1 Å². The highest BCUT2D eigenvalue weighted by Gasteiger charge is 2.43. The van der Waals surface area contributed by atoms with Gasteiger partial charge in [-0.2, -0.15) is 0 Å². The number of ether oxygens (including phenoxy) is 1. The highest BCUT2D eigenvalue weighted by molar-refractivity contribution is 6.30. The predicted octanol–water partition coefficient (Wildman–Crippen LogP) is 2.32. The van der Waals surface area contributed by atoms with Crippen molar-refractivity contribution >= 4 is 17.5 Å². The summed E-state index contributed by atoms with van der Waals surface area (Å²) in [4.78, 5) is 14.2. The van der Waals surface area contributed by atoms with Crippen LogP contribution in [0, 0.1) is 5.92 Å². The first-order chi connectivity index (χ1) is 10.1. The van der Waals surface area contributed by atoms with E-state index in [1.165, 1.54) is 6.42 Å². The lowest BCUT2D eigenvalue weighted by atomic mass is 9.88. The topological polar surface area (TPSA) is 41.6 Å². The van der Waals surface area contributed by atoms with Gasteiger partial charge in [0.2, 0.25) is 5.91 Å². The van der Waals surface area contributed by atoms with E-state index in [0.29, 0.717) is 30.3 Å². The third-order valence-electron chi connectivity index (χ3n) is 4.50. The number of likely N-dealkylation sites (N-methyl/N-ethyl adjacent to an activating group) is 1. The number of benzene rings is 1. The fourth-order valence-electron chi connectivity index (χ4n) is 3.32. The fourth-order valence-corrected chi connectivity index (χ4v) is 3.45. The van der Waals surface area contributed by atoms with Crippen LogP contribution in [-0.2, 0) is 4.79 Å². The van der Waals surface area contributed by atoms with Crippen LogP contribution in [0.3, 0.4) is 0 Å². The van der Waals surface area contributed by atoms with Gasteiger partial charge in [0, 0.05) is 24.2 Å². The van der Waals surface area contributed by atoms with E-state index in [1.807, 2.05) is 19.2 Å². The van der Waals surface area contributed by atoms with Crippen LogP contribution in [0.2, 0.25) is 5.02 Å². The minimum atomic E-state index is 0.157. The smallest absolute Gasteiger partial charge is 0.227 e. The number of halogens is 1. The van der Waals surface area contributed by atoms with Gasteiger partial charge in [0.25, 0.3) is 0 Å². The van der Waals surface area contributed by atoms with Gasteiger partial charge in [-0.05, 0) is 43.5 Å². The second-order valence-electron chi connectivity index (χ2n) is 5.95. The fraction of sp³-hybridized carbons (Fsp3) is 0.562. The van der Waals surface area contributed by atoms with E-state index >= 15 is 0 Å². The maximum absolute atomic E-state index is 12.4. The van der Waals surface area contributed by atoms with Gasteiger partial charge in [-0.25, -0.2) is 0 Å². The summed E-state index contributed by atoms with van der Waals surface area (Å²) < 4.78 is 5.64. The van der Waals surface area contributed by atoms with Crippen LogP contribution in [0.4, 0.5) is 0 Å². The molecule has 2 aliphatic heterocycles.